The second-order valence-corrected chi connectivity index (χ2v) is 15.8. The van der Waals surface area contributed by atoms with E-state index < -0.39 is 6.04 Å². The van der Waals surface area contributed by atoms with Crippen LogP contribution in [0.3, 0.4) is 0 Å². The van der Waals surface area contributed by atoms with Gasteiger partial charge in [0.2, 0.25) is 11.8 Å². The van der Waals surface area contributed by atoms with E-state index in [1.54, 1.807) is 47.0 Å². The lowest BCUT2D eigenvalue weighted by atomic mass is 9.98. The van der Waals surface area contributed by atoms with Crippen LogP contribution in [0, 0.1) is 5.92 Å². The van der Waals surface area contributed by atoms with E-state index in [-0.39, 0.29) is 24.3 Å². The van der Waals surface area contributed by atoms with Crippen LogP contribution in [0.25, 0.3) is 0 Å². The Kier molecular flexibility index (Phi) is 22.3. The van der Waals surface area contributed by atoms with E-state index in [1.807, 2.05) is 13.8 Å². The zero-order valence-corrected chi connectivity index (χ0v) is 29.7. The molecule has 0 aromatic carbocycles. The van der Waals surface area contributed by atoms with Gasteiger partial charge in [0, 0.05) is 11.4 Å². The second-order valence-electron chi connectivity index (χ2n) is 11.4. The summed E-state index contributed by atoms with van der Waals surface area (Å²) < 4.78 is 8.26. The summed E-state index contributed by atoms with van der Waals surface area (Å²) in [5, 5.41) is 12.3. The minimum absolute atomic E-state index is 0.0428. The zero-order valence-electron chi connectivity index (χ0n) is 26.4. The molecule has 5 nitrogen and oxygen atoms in total. The number of carbonyl (C=O) groups is 2. The molecule has 42 heavy (non-hydrogen) atoms. The summed E-state index contributed by atoms with van der Waals surface area (Å²) in [6.45, 7) is 7.38. The number of hydrogen-bond acceptors (Lipinski definition) is 7. The third-order valence-electron chi connectivity index (χ3n) is 7.71. The molecule has 2 aliphatic rings. The van der Waals surface area contributed by atoms with Crippen LogP contribution in [-0.2, 0) is 14.3 Å². The zero-order chi connectivity index (χ0) is 30.3. The number of amides is 2. The van der Waals surface area contributed by atoms with Crippen molar-refractivity contribution in [2.75, 3.05) is 19.8 Å². The van der Waals surface area contributed by atoms with Crippen LogP contribution < -0.4 is 10.6 Å². The molecule has 0 fully saturated rings. The maximum atomic E-state index is 12.9. The van der Waals surface area contributed by atoms with Crippen molar-refractivity contribution < 1.29 is 14.3 Å². The lowest BCUT2D eigenvalue weighted by molar-refractivity contribution is -0.132. The molecule has 2 N–H and O–H groups in total. The predicted molar refractivity (Wildman–Crippen MR) is 189 cm³/mol. The van der Waals surface area contributed by atoms with Crippen LogP contribution >= 0.6 is 47.0 Å². The molecule has 2 atom stereocenters. The first-order valence-corrected chi connectivity index (χ1v) is 19.9. The Balaban J connectivity index is 1.47. The van der Waals surface area contributed by atoms with E-state index in [0.29, 0.717) is 13.2 Å². The van der Waals surface area contributed by atoms with Crippen molar-refractivity contribution in [1.29, 1.82) is 0 Å². The average Bonchev–Trinajstić information content (AvgIpc) is 3.70. The molecule has 0 radical (unpaired) electrons. The van der Waals surface area contributed by atoms with Crippen molar-refractivity contribution in [2.45, 2.75) is 136 Å². The van der Waals surface area contributed by atoms with Crippen LogP contribution in [0.4, 0.5) is 0 Å². The molecule has 0 spiro atoms. The predicted octanol–water partition coefficient (Wildman–Crippen LogP) is 10.3. The van der Waals surface area contributed by atoms with Crippen molar-refractivity contribution in [3.8, 4) is 0 Å². The third-order valence-corrected chi connectivity index (χ3v) is 12.8. The van der Waals surface area contributed by atoms with Gasteiger partial charge in [-0.05, 0) is 28.6 Å². The summed E-state index contributed by atoms with van der Waals surface area (Å²) in [5.41, 5.74) is 0. The number of hydrogen-bond donors (Lipinski definition) is 2. The fourth-order valence-electron chi connectivity index (χ4n) is 4.90. The molecule has 0 aliphatic carbocycles. The quantitative estimate of drug-likeness (QED) is 0.0948. The van der Waals surface area contributed by atoms with E-state index >= 15 is 0 Å². The topological polar surface area (TPSA) is 67.4 Å². The van der Waals surface area contributed by atoms with Crippen molar-refractivity contribution in [3.63, 3.8) is 0 Å². The number of rotatable bonds is 25. The number of nitrogens with one attached hydrogen (secondary N) is 2. The van der Waals surface area contributed by atoms with Crippen LogP contribution in [-0.4, -0.2) is 37.6 Å². The van der Waals surface area contributed by atoms with Gasteiger partial charge in [-0.25, -0.2) is 0 Å². The Labute approximate surface area is 273 Å². The SMILES string of the molecule is CCCCCCCCCCCCCCCCCCNC(=O)[C@@H](NC(=O)COCC1=CSC(=C2SC=CS2)S1)[C@@H](C)CC. The van der Waals surface area contributed by atoms with Gasteiger partial charge in [-0.1, -0.05) is 171 Å². The summed E-state index contributed by atoms with van der Waals surface area (Å²) in [4.78, 5) is 26.6. The fourth-order valence-corrected chi connectivity index (χ4v) is 9.32. The Morgan fingerprint density at radius 3 is 1.86 bits per heavy atom. The highest BCUT2D eigenvalue weighted by molar-refractivity contribution is 8.33. The fraction of sp³-hybridized carbons (Fsp3) is 0.758. The molecule has 0 aromatic heterocycles. The summed E-state index contributed by atoms with van der Waals surface area (Å²) in [5.74, 6) is -0.257. The smallest absolute Gasteiger partial charge is 0.246 e. The van der Waals surface area contributed by atoms with E-state index in [4.69, 9.17) is 4.74 Å². The van der Waals surface area contributed by atoms with Crippen molar-refractivity contribution >= 4 is 58.9 Å². The lowest BCUT2D eigenvalue weighted by Gasteiger charge is -2.23. The van der Waals surface area contributed by atoms with Gasteiger partial charge in [0.15, 0.2) is 0 Å². The molecule has 0 saturated heterocycles. The summed E-state index contributed by atoms with van der Waals surface area (Å²) in [7, 11) is 0. The van der Waals surface area contributed by atoms with Gasteiger partial charge in [0.1, 0.15) is 12.6 Å². The third kappa shape index (κ3) is 17.1. The molecule has 9 heteroatoms. The number of thioether (sulfide) groups is 4. The summed E-state index contributed by atoms with van der Waals surface area (Å²) in [6.07, 6.45) is 22.2. The average molecular weight is 657 g/mol. The molecule has 2 amide bonds. The lowest BCUT2D eigenvalue weighted by Crippen LogP contribution is -2.51. The maximum absolute atomic E-state index is 12.9. The van der Waals surface area contributed by atoms with Gasteiger partial charge < -0.3 is 15.4 Å². The molecule has 0 aromatic rings. The van der Waals surface area contributed by atoms with E-state index in [1.165, 1.54) is 98.4 Å². The standard InChI is InChI=1S/C33H56N2O3S4/c1-4-6-7-8-9-10-11-12-13-14-15-16-17-18-19-20-21-34-31(37)30(27(3)5-2)35-29(36)25-38-24-28-26-41-33(42-28)32-39-22-23-40-32/h22-23,26-27,30H,4-21,24-25H2,1-3H3,(H,34,37)(H,35,36)/t27-,30-/m0/s1. The largest absolute Gasteiger partial charge is 0.366 e. The first-order valence-electron chi connectivity index (χ1n) is 16.5. The molecule has 0 bridgehead atoms. The highest BCUT2D eigenvalue weighted by Crippen LogP contribution is 2.53. The highest BCUT2D eigenvalue weighted by Gasteiger charge is 2.26. The molecule has 240 valence electrons. The minimum atomic E-state index is -0.525. The van der Waals surface area contributed by atoms with Gasteiger partial charge in [-0.15, -0.1) is 0 Å². The normalized spacial score (nSPS) is 16.1. The van der Waals surface area contributed by atoms with Crippen molar-refractivity contribution in [1.82, 2.24) is 10.6 Å². The van der Waals surface area contributed by atoms with E-state index in [2.05, 4.69) is 33.8 Å². The monoisotopic (exact) mass is 656 g/mol. The summed E-state index contributed by atoms with van der Waals surface area (Å²) >= 11 is 6.92. The van der Waals surface area contributed by atoms with Gasteiger partial charge in [0.25, 0.3) is 0 Å². The van der Waals surface area contributed by atoms with Crippen LogP contribution in [0.2, 0.25) is 0 Å². The second kappa shape index (κ2) is 24.8. The number of ether oxygens (including phenoxy) is 1. The van der Waals surface area contributed by atoms with Crippen LogP contribution in [0.5, 0.6) is 0 Å². The van der Waals surface area contributed by atoms with Gasteiger partial charge in [-0.2, -0.15) is 0 Å². The highest BCUT2D eigenvalue weighted by atomic mass is 32.2. The van der Waals surface area contributed by atoms with Crippen molar-refractivity contribution in [2.24, 2.45) is 5.92 Å². The van der Waals surface area contributed by atoms with E-state index in [0.717, 1.165) is 24.2 Å². The Hall–Kier alpha value is -0.480. The Morgan fingerprint density at radius 1 is 0.762 bits per heavy atom. The van der Waals surface area contributed by atoms with Crippen LogP contribution in [0.1, 0.15) is 130 Å². The number of carbonyl (C=O) groups excluding carboxylic acids is 2. The number of unbranched alkanes of at least 4 members (excludes halogenated alkanes) is 15. The Morgan fingerprint density at radius 2 is 1.31 bits per heavy atom. The first kappa shape index (κ1) is 37.7. The molecule has 2 aliphatic heterocycles. The van der Waals surface area contributed by atoms with Crippen LogP contribution in [0.15, 0.2) is 29.6 Å². The van der Waals surface area contributed by atoms with Gasteiger partial charge >= 0.3 is 0 Å². The molecule has 0 unspecified atom stereocenters. The molecule has 2 heterocycles. The molecule has 2 rings (SSSR count). The van der Waals surface area contributed by atoms with E-state index in [9.17, 15) is 9.59 Å². The minimum Gasteiger partial charge on any atom is -0.366 e. The maximum Gasteiger partial charge on any atom is 0.246 e. The molecule has 0 saturated carbocycles. The molecular weight excluding hydrogens is 601 g/mol. The summed E-state index contributed by atoms with van der Waals surface area (Å²) in [6, 6.07) is -0.525. The first-order chi connectivity index (χ1) is 20.5. The van der Waals surface area contributed by atoms with Gasteiger partial charge in [-0.3, -0.25) is 9.59 Å². The molecular formula is C33H56N2O3S4. The Bertz CT molecular complexity index is 852. The van der Waals surface area contributed by atoms with Crippen molar-refractivity contribution in [3.05, 3.63) is 29.6 Å². The van der Waals surface area contributed by atoms with Gasteiger partial charge in [0.05, 0.1) is 15.1 Å².